The predicted molar refractivity (Wildman–Crippen MR) is 69.3 cm³/mol. The zero-order valence-electron chi connectivity index (χ0n) is 11.1. The highest BCUT2D eigenvalue weighted by molar-refractivity contribution is 5.81. The van der Waals surface area contributed by atoms with Gasteiger partial charge in [0, 0.05) is 6.54 Å². The van der Waals surface area contributed by atoms with Gasteiger partial charge < -0.3 is 5.32 Å². The molecule has 1 N–H and O–H groups in total. The molecular weight excluding hydrogens is 234 g/mol. The molecule has 0 heterocycles. The molecule has 0 unspecified atom stereocenters. The fourth-order valence-corrected chi connectivity index (χ4v) is 1.12. The monoisotopic (exact) mass is 255 g/mol. The number of aliphatic imine (C=N–C) groups is 1. The first-order valence-electron chi connectivity index (χ1n) is 6.22. The Morgan fingerprint density at radius 3 is 2.67 bits per heavy atom. The number of isocyanates is 1. The second-order valence-electron chi connectivity index (χ2n) is 3.87. The SMILES string of the molecule is CC/C(C)=N/OC(=O)NCCCCCCN=C=O. The summed E-state index contributed by atoms with van der Waals surface area (Å²) in [5.41, 5.74) is 0.779. The van der Waals surface area contributed by atoms with Crippen molar-refractivity contribution in [2.45, 2.75) is 46.0 Å². The standard InChI is InChI=1S/C12H21N3O3/c1-3-11(2)15-18-12(17)14-9-7-5-4-6-8-13-10-16/h3-9H2,1-2H3,(H,14,17)/b15-11+. The first-order valence-corrected chi connectivity index (χ1v) is 6.22. The number of nitrogens with one attached hydrogen (secondary N) is 1. The minimum Gasteiger partial charge on any atom is -0.320 e. The van der Waals surface area contributed by atoms with Crippen molar-refractivity contribution in [3.05, 3.63) is 0 Å². The van der Waals surface area contributed by atoms with E-state index in [-0.39, 0.29) is 0 Å². The number of oxime groups is 1. The van der Waals surface area contributed by atoms with E-state index in [0.29, 0.717) is 13.1 Å². The highest BCUT2D eigenvalue weighted by atomic mass is 16.7. The van der Waals surface area contributed by atoms with Gasteiger partial charge in [-0.1, -0.05) is 24.9 Å². The van der Waals surface area contributed by atoms with Gasteiger partial charge in [-0.2, -0.15) is 0 Å². The Labute approximate surface area is 107 Å². The maximum absolute atomic E-state index is 11.1. The van der Waals surface area contributed by atoms with Crippen molar-refractivity contribution in [1.29, 1.82) is 0 Å². The quantitative estimate of drug-likeness (QED) is 0.226. The van der Waals surface area contributed by atoms with E-state index in [1.807, 2.05) is 6.92 Å². The Bertz CT molecular complexity index is 310. The predicted octanol–water partition coefficient (Wildman–Crippen LogP) is 2.39. The first-order chi connectivity index (χ1) is 8.70. The highest BCUT2D eigenvalue weighted by Crippen LogP contribution is 1.99. The summed E-state index contributed by atoms with van der Waals surface area (Å²) < 4.78 is 0. The molecule has 0 rings (SSSR count). The van der Waals surface area contributed by atoms with Gasteiger partial charge in [-0.3, -0.25) is 4.84 Å². The van der Waals surface area contributed by atoms with Gasteiger partial charge in [0.2, 0.25) is 6.08 Å². The van der Waals surface area contributed by atoms with Gasteiger partial charge in [0.25, 0.3) is 0 Å². The summed E-state index contributed by atoms with van der Waals surface area (Å²) >= 11 is 0. The van der Waals surface area contributed by atoms with Crippen LogP contribution in [0.1, 0.15) is 46.0 Å². The van der Waals surface area contributed by atoms with Crippen LogP contribution >= 0.6 is 0 Å². The van der Waals surface area contributed by atoms with Crippen LogP contribution in [0, 0.1) is 0 Å². The average molecular weight is 255 g/mol. The molecule has 0 saturated heterocycles. The van der Waals surface area contributed by atoms with Gasteiger partial charge in [0.05, 0.1) is 12.3 Å². The minimum absolute atomic E-state index is 0.520. The van der Waals surface area contributed by atoms with E-state index in [1.54, 1.807) is 6.92 Å². The summed E-state index contributed by atoms with van der Waals surface area (Å²) in [4.78, 5) is 29.0. The molecule has 6 nitrogen and oxygen atoms in total. The normalized spacial score (nSPS) is 10.7. The molecule has 0 radical (unpaired) electrons. The lowest BCUT2D eigenvalue weighted by molar-refractivity contribution is 0.150. The fourth-order valence-electron chi connectivity index (χ4n) is 1.12. The van der Waals surface area contributed by atoms with Crippen LogP contribution < -0.4 is 5.32 Å². The number of nitrogens with zero attached hydrogens (tertiary/aromatic N) is 2. The Morgan fingerprint density at radius 1 is 1.28 bits per heavy atom. The third-order valence-electron chi connectivity index (χ3n) is 2.33. The van der Waals surface area contributed by atoms with Crippen molar-refractivity contribution < 1.29 is 14.4 Å². The highest BCUT2D eigenvalue weighted by Gasteiger charge is 2.00. The molecule has 6 heteroatoms. The lowest BCUT2D eigenvalue weighted by Gasteiger charge is -2.02. The van der Waals surface area contributed by atoms with E-state index in [0.717, 1.165) is 37.8 Å². The van der Waals surface area contributed by atoms with Gasteiger partial charge in [0.1, 0.15) is 0 Å². The molecular formula is C12H21N3O3. The number of unbranched alkanes of at least 4 members (excludes halogenated alkanes) is 3. The van der Waals surface area contributed by atoms with E-state index in [1.165, 1.54) is 6.08 Å². The number of carbonyl (C=O) groups is 1. The van der Waals surface area contributed by atoms with Crippen LogP contribution in [0.25, 0.3) is 0 Å². The zero-order valence-corrected chi connectivity index (χ0v) is 11.1. The van der Waals surface area contributed by atoms with Crippen LogP contribution in [0.4, 0.5) is 4.79 Å². The summed E-state index contributed by atoms with van der Waals surface area (Å²) in [6.45, 7) is 4.84. The first kappa shape index (κ1) is 16.3. The summed E-state index contributed by atoms with van der Waals surface area (Å²) in [5, 5.41) is 6.26. The second kappa shape index (κ2) is 11.8. The Balaban J connectivity index is 3.38. The van der Waals surface area contributed by atoms with Crippen molar-refractivity contribution in [1.82, 2.24) is 5.32 Å². The lowest BCUT2D eigenvalue weighted by Crippen LogP contribution is -2.24. The van der Waals surface area contributed by atoms with E-state index in [9.17, 15) is 9.59 Å². The van der Waals surface area contributed by atoms with Gasteiger partial charge in [0.15, 0.2) is 0 Å². The van der Waals surface area contributed by atoms with Crippen molar-refractivity contribution in [3.63, 3.8) is 0 Å². The molecule has 0 atom stereocenters. The van der Waals surface area contributed by atoms with Crippen molar-refractivity contribution >= 4 is 17.9 Å². The molecule has 0 bridgehead atoms. The number of hydrogen-bond donors (Lipinski definition) is 1. The second-order valence-corrected chi connectivity index (χ2v) is 3.87. The molecule has 0 saturated carbocycles. The van der Waals surface area contributed by atoms with Crippen LogP contribution in [0.5, 0.6) is 0 Å². The Hall–Kier alpha value is -1.68. The summed E-state index contributed by atoms with van der Waals surface area (Å²) in [6, 6.07) is 0. The topological polar surface area (TPSA) is 80.1 Å². The van der Waals surface area contributed by atoms with Gasteiger partial charge >= 0.3 is 6.09 Å². The van der Waals surface area contributed by atoms with Crippen LogP contribution in [-0.4, -0.2) is 31.0 Å². The number of carbonyl (C=O) groups excluding carboxylic acids is 2. The van der Waals surface area contributed by atoms with Crippen LogP contribution in [-0.2, 0) is 9.63 Å². The molecule has 18 heavy (non-hydrogen) atoms. The van der Waals surface area contributed by atoms with Gasteiger partial charge in [-0.15, -0.1) is 0 Å². The molecule has 0 aromatic heterocycles. The third-order valence-corrected chi connectivity index (χ3v) is 2.33. The maximum atomic E-state index is 11.1. The van der Waals surface area contributed by atoms with Crippen molar-refractivity contribution in [2.24, 2.45) is 10.1 Å². The number of hydrogen-bond acceptors (Lipinski definition) is 5. The molecule has 0 aromatic carbocycles. The fraction of sp³-hybridized carbons (Fsp3) is 0.750. The van der Waals surface area contributed by atoms with Crippen molar-refractivity contribution in [2.75, 3.05) is 13.1 Å². The van der Waals surface area contributed by atoms with Crippen LogP contribution in [0.3, 0.4) is 0 Å². The number of amides is 1. The van der Waals surface area contributed by atoms with Crippen LogP contribution in [0.15, 0.2) is 10.1 Å². The third kappa shape index (κ3) is 10.8. The average Bonchev–Trinajstić information content (AvgIpc) is 2.39. The maximum Gasteiger partial charge on any atom is 0.433 e. The van der Waals surface area contributed by atoms with Crippen molar-refractivity contribution in [3.8, 4) is 0 Å². The van der Waals surface area contributed by atoms with E-state index in [2.05, 4.69) is 20.3 Å². The number of rotatable bonds is 9. The zero-order chi connectivity index (χ0) is 13.6. The summed E-state index contributed by atoms with van der Waals surface area (Å²) in [6.07, 6.45) is 5.45. The molecule has 1 amide bonds. The van der Waals surface area contributed by atoms with E-state index < -0.39 is 6.09 Å². The minimum atomic E-state index is -0.520. The summed E-state index contributed by atoms with van der Waals surface area (Å²) in [7, 11) is 0. The largest absolute Gasteiger partial charge is 0.433 e. The Kier molecular flexibility index (Phi) is 10.7. The Morgan fingerprint density at radius 2 is 2.00 bits per heavy atom. The van der Waals surface area contributed by atoms with E-state index >= 15 is 0 Å². The molecule has 102 valence electrons. The molecule has 0 fully saturated rings. The molecule has 0 spiro atoms. The van der Waals surface area contributed by atoms with E-state index in [4.69, 9.17) is 0 Å². The molecule has 0 aliphatic rings. The molecule has 0 aliphatic carbocycles. The lowest BCUT2D eigenvalue weighted by atomic mass is 10.2. The molecule has 0 aliphatic heterocycles. The van der Waals surface area contributed by atoms with Gasteiger partial charge in [-0.25, -0.2) is 14.6 Å². The van der Waals surface area contributed by atoms with Crippen LogP contribution in [0.2, 0.25) is 0 Å². The molecule has 0 aromatic rings. The smallest absolute Gasteiger partial charge is 0.320 e. The summed E-state index contributed by atoms with van der Waals surface area (Å²) in [5.74, 6) is 0. The van der Waals surface area contributed by atoms with Gasteiger partial charge in [-0.05, 0) is 26.2 Å².